The summed E-state index contributed by atoms with van der Waals surface area (Å²) in [4.78, 5) is 23.4. The van der Waals surface area contributed by atoms with Crippen LogP contribution in [0.4, 0.5) is 16.2 Å². The van der Waals surface area contributed by atoms with Gasteiger partial charge in [0, 0.05) is 5.69 Å². The lowest BCUT2D eigenvalue weighted by molar-refractivity contribution is 0.0600. The van der Waals surface area contributed by atoms with Gasteiger partial charge in [-0.2, -0.15) is 0 Å². The van der Waals surface area contributed by atoms with Gasteiger partial charge in [-0.1, -0.05) is 35.3 Å². The standard InChI is InChI=1S/C15H12Cl2N2O3/c1-22-14(20)9-4-2-5-10(8-9)18-15(21)19-12-7-3-6-11(16)13(12)17/h2-8H,1H3,(H2,18,19,21). The Hall–Kier alpha value is -2.24. The molecule has 5 nitrogen and oxygen atoms in total. The zero-order valence-electron chi connectivity index (χ0n) is 11.5. The van der Waals surface area contributed by atoms with Crippen molar-refractivity contribution in [3.8, 4) is 0 Å². The number of amides is 2. The minimum Gasteiger partial charge on any atom is -0.465 e. The first-order chi connectivity index (χ1) is 10.5. The Morgan fingerprint density at radius 1 is 1.05 bits per heavy atom. The summed E-state index contributed by atoms with van der Waals surface area (Å²) in [6.45, 7) is 0. The number of urea groups is 1. The molecule has 2 N–H and O–H groups in total. The zero-order chi connectivity index (χ0) is 16.1. The van der Waals surface area contributed by atoms with Crippen LogP contribution in [0.5, 0.6) is 0 Å². The minimum absolute atomic E-state index is 0.252. The molecule has 2 rings (SSSR count). The fourth-order valence-electron chi connectivity index (χ4n) is 1.73. The van der Waals surface area contributed by atoms with Crippen molar-refractivity contribution in [2.75, 3.05) is 17.7 Å². The molecule has 0 saturated carbocycles. The maximum absolute atomic E-state index is 12.0. The second-order valence-electron chi connectivity index (χ2n) is 4.25. The molecule has 7 heteroatoms. The molecular formula is C15H12Cl2N2O3. The number of carbonyl (C=O) groups is 2. The molecule has 0 unspecified atom stereocenters. The van der Waals surface area contributed by atoms with E-state index in [1.165, 1.54) is 13.2 Å². The van der Waals surface area contributed by atoms with Gasteiger partial charge in [0.2, 0.25) is 0 Å². The molecule has 2 aromatic carbocycles. The lowest BCUT2D eigenvalue weighted by Gasteiger charge is -2.10. The van der Waals surface area contributed by atoms with E-state index >= 15 is 0 Å². The van der Waals surface area contributed by atoms with Crippen LogP contribution < -0.4 is 10.6 Å². The predicted molar refractivity (Wildman–Crippen MR) is 86.9 cm³/mol. The number of halogens is 2. The molecule has 0 aliphatic heterocycles. The van der Waals surface area contributed by atoms with Gasteiger partial charge in [0.25, 0.3) is 0 Å². The highest BCUT2D eigenvalue weighted by molar-refractivity contribution is 6.44. The fourth-order valence-corrected chi connectivity index (χ4v) is 2.07. The number of rotatable bonds is 3. The van der Waals surface area contributed by atoms with E-state index in [4.69, 9.17) is 23.2 Å². The number of hydrogen-bond acceptors (Lipinski definition) is 3. The fraction of sp³-hybridized carbons (Fsp3) is 0.0667. The quantitative estimate of drug-likeness (QED) is 0.813. The van der Waals surface area contributed by atoms with Gasteiger partial charge in [0.05, 0.1) is 28.4 Å². The summed E-state index contributed by atoms with van der Waals surface area (Å²) in [5, 5.41) is 5.77. The number of benzene rings is 2. The van der Waals surface area contributed by atoms with Crippen LogP contribution in [0, 0.1) is 0 Å². The third-order valence-corrected chi connectivity index (χ3v) is 3.56. The lowest BCUT2D eigenvalue weighted by Crippen LogP contribution is -2.19. The van der Waals surface area contributed by atoms with E-state index in [2.05, 4.69) is 15.4 Å². The van der Waals surface area contributed by atoms with E-state index in [-0.39, 0.29) is 5.02 Å². The zero-order valence-corrected chi connectivity index (χ0v) is 13.0. The third kappa shape index (κ3) is 3.90. The van der Waals surface area contributed by atoms with Crippen molar-refractivity contribution in [1.29, 1.82) is 0 Å². The first kappa shape index (κ1) is 16.1. The van der Waals surface area contributed by atoms with Crippen molar-refractivity contribution in [2.24, 2.45) is 0 Å². The molecule has 0 aliphatic carbocycles. The van der Waals surface area contributed by atoms with Crippen LogP contribution in [-0.4, -0.2) is 19.1 Å². The summed E-state index contributed by atoms with van der Waals surface area (Å²) in [6.07, 6.45) is 0. The molecule has 2 amide bonds. The van der Waals surface area contributed by atoms with E-state index in [0.717, 1.165) is 0 Å². The Balaban J connectivity index is 2.09. The number of hydrogen-bond donors (Lipinski definition) is 2. The minimum atomic E-state index is -0.508. The van der Waals surface area contributed by atoms with Crippen molar-refractivity contribution < 1.29 is 14.3 Å². The monoisotopic (exact) mass is 338 g/mol. The molecule has 114 valence electrons. The van der Waals surface area contributed by atoms with Crippen LogP contribution in [0.1, 0.15) is 10.4 Å². The Labute approximate surface area is 137 Å². The maximum atomic E-state index is 12.0. The van der Waals surface area contributed by atoms with Crippen LogP contribution in [0.25, 0.3) is 0 Å². The van der Waals surface area contributed by atoms with Crippen LogP contribution >= 0.6 is 23.2 Å². The molecule has 0 heterocycles. The Morgan fingerprint density at radius 3 is 2.50 bits per heavy atom. The topological polar surface area (TPSA) is 67.4 Å². The molecule has 0 spiro atoms. The highest BCUT2D eigenvalue weighted by atomic mass is 35.5. The summed E-state index contributed by atoms with van der Waals surface area (Å²) in [6, 6.07) is 10.8. The Bertz CT molecular complexity index is 720. The van der Waals surface area contributed by atoms with Gasteiger partial charge in [-0.15, -0.1) is 0 Å². The van der Waals surface area contributed by atoms with Gasteiger partial charge in [-0.05, 0) is 30.3 Å². The van der Waals surface area contributed by atoms with E-state index in [9.17, 15) is 9.59 Å². The van der Waals surface area contributed by atoms with Gasteiger partial charge in [0.1, 0.15) is 0 Å². The van der Waals surface area contributed by atoms with Gasteiger partial charge in [-0.3, -0.25) is 0 Å². The molecular weight excluding hydrogens is 327 g/mol. The summed E-state index contributed by atoms with van der Waals surface area (Å²) < 4.78 is 4.62. The van der Waals surface area contributed by atoms with Crippen molar-refractivity contribution >= 4 is 46.6 Å². The average molecular weight is 339 g/mol. The normalized spacial score (nSPS) is 9.95. The molecule has 22 heavy (non-hydrogen) atoms. The third-order valence-electron chi connectivity index (χ3n) is 2.74. The first-order valence-electron chi connectivity index (χ1n) is 6.21. The highest BCUT2D eigenvalue weighted by Gasteiger charge is 2.10. The first-order valence-corrected chi connectivity index (χ1v) is 6.97. The smallest absolute Gasteiger partial charge is 0.337 e. The molecule has 0 radical (unpaired) electrons. The van der Waals surface area contributed by atoms with E-state index in [1.54, 1.807) is 36.4 Å². The van der Waals surface area contributed by atoms with Crippen LogP contribution in [0.3, 0.4) is 0 Å². The van der Waals surface area contributed by atoms with Gasteiger partial charge >= 0.3 is 12.0 Å². The Kier molecular flexibility index (Phi) is 5.25. The number of nitrogens with one attached hydrogen (secondary N) is 2. The number of esters is 1. The van der Waals surface area contributed by atoms with Crippen LogP contribution in [-0.2, 0) is 4.74 Å². The lowest BCUT2D eigenvalue weighted by atomic mass is 10.2. The maximum Gasteiger partial charge on any atom is 0.337 e. The average Bonchev–Trinajstić information content (AvgIpc) is 2.51. The molecule has 0 aliphatic rings. The molecule has 0 fully saturated rings. The SMILES string of the molecule is COC(=O)c1cccc(NC(=O)Nc2cccc(Cl)c2Cl)c1. The number of methoxy groups -OCH3 is 1. The van der Waals surface area contributed by atoms with E-state index in [0.29, 0.717) is 22.0 Å². The van der Waals surface area contributed by atoms with Crippen LogP contribution in [0.15, 0.2) is 42.5 Å². The summed E-state index contributed by atoms with van der Waals surface area (Å²) in [7, 11) is 1.29. The van der Waals surface area contributed by atoms with Crippen LogP contribution in [0.2, 0.25) is 10.0 Å². The predicted octanol–water partition coefficient (Wildman–Crippen LogP) is 4.42. The molecule has 0 saturated heterocycles. The summed E-state index contributed by atoms with van der Waals surface area (Å²) in [5.74, 6) is -0.484. The molecule has 0 aromatic heterocycles. The highest BCUT2D eigenvalue weighted by Crippen LogP contribution is 2.29. The van der Waals surface area contributed by atoms with Crippen molar-refractivity contribution in [3.63, 3.8) is 0 Å². The number of ether oxygens (including phenoxy) is 1. The van der Waals surface area contributed by atoms with E-state index < -0.39 is 12.0 Å². The van der Waals surface area contributed by atoms with Gasteiger partial charge in [-0.25, -0.2) is 9.59 Å². The van der Waals surface area contributed by atoms with E-state index in [1.807, 2.05) is 0 Å². The molecule has 2 aromatic rings. The van der Waals surface area contributed by atoms with Gasteiger partial charge < -0.3 is 15.4 Å². The summed E-state index contributed by atoms with van der Waals surface area (Å²) in [5.41, 5.74) is 1.16. The Morgan fingerprint density at radius 2 is 1.77 bits per heavy atom. The number of anilines is 2. The second kappa shape index (κ2) is 7.15. The number of carbonyl (C=O) groups excluding carboxylic acids is 2. The van der Waals surface area contributed by atoms with Crippen molar-refractivity contribution in [2.45, 2.75) is 0 Å². The molecule has 0 bridgehead atoms. The molecule has 0 atom stereocenters. The largest absolute Gasteiger partial charge is 0.465 e. The van der Waals surface area contributed by atoms with Crippen molar-refractivity contribution in [3.05, 3.63) is 58.1 Å². The summed E-state index contributed by atoms with van der Waals surface area (Å²) >= 11 is 11.9. The second-order valence-corrected chi connectivity index (χ2v) is 5.04. The van der Waals surface area contributed by atoms with Gasteiger partial charge in [0.15, 0.2) is 0 Å². The van der Waals surface area contributed by atoms with Crippen molar-refractivity contribution in [1.82, 2.24) is 0 Å².